The van der Waals surface area contributed by atoms with Gasteiger partial charge in [0.2, 0.25) is 5.78 Å². The molecule has 0 spiro atoms. The third-order valence-corrected chi connectivity index (χ3v) is 2.99. The number of benzene rings is 1. The molecule has 0 aliphatic heterocycles. The predicted octanol–water partition coefficient (Wildman–Crippen LogP) is 1.96. The van der Waals surface area contributed by atoms with Crippen LogP contribution in [0.3, 0.4) is 0 Å². The van der Waals surface area contributed by atoms with Crippen LogP contribution in [-0.2, 0) is 0 Å². The van der Waals surface area contributed by atoms with E-state index in [2.05, 4.69) is 4.98 Å². The van der Waals surface area contributed by atoms with E-state index < -0.39 is 0 Å². The Balaban J connectivity index is 2.31. The average Bonchev–Trinajstić information content (AvgIpc) is 2.75. The summed E-state index contributed by atoms with van der Waals surface area (Å²) in [5, 5.41) is 0. The lowest BCUT2D eigenvalue weighted by molar-refractivity contribution is 0.104. The largest absolute Gasteiger partial charge is 0.497 e. The number of methoxy groups -OCH3 is 1. The number of ether oxygens (including phenoxy) is 1. The van der Waals surface area contributed by atoms with E-state index in [9.17, 15) is 4.79 Å². The Bertz CT molecular complexity index is 505. The lowest BCUT2D eigenvalue weighted by atomic mass is 10.1. The first-order chi connectivity index (χ1) is 7.72. The fourth-order valence-electron chi connectivity index (χ4n) is 1.30. The molecule has 1 aromatic carbocycles. The lowest BCUT2D eigenvalue weighted by Gasteiger charge is -2.01. The van der Waals surface area contributed by atoms with Gasteiger partial charge in [-0.15, -0.1) is 11.3 Å². The van der Waals surface area contributed by atoms with Crippen molar-refractivity contribution in [1.82, 2.24) is 4.98 Å². The number of carbonyl (C=O) groups is 1. The summed E-state index contributed by atoms with van der Waals surface area (Å²) < 4.78 is 5.02. The van der Waals surface area contributed by atoms with Gasteiger partial charge in [0.05, 0.1) is 12.6 Å². The number of ketones is 1. The Hall–Kier alpha value is -1.88. The summed E-state index contributed by atoms with van der Waals surface area (Å²) in [6, 6.07) is 6.90. The lowest BCUT2D eigenvalue weighted by Crippen LogP contribution is -2.02. The van der Waals surface area contributed by atoms with Crippen LogP contribution in [0.25, 0.3) is 0 Å². The number of nitrogens with zero attached hydrogens (tertiary/aromatic N) is 1. The second kappa shape index (κ2) is 4.32. The molecule has 0 aliphatic rings. The monoisotopic (exact) mass is 234 g/mol. The molecule has 0 unspecified atom stereocenters. The standard InChI is InChI=1S/C11H10N2O2S/c1-15-8-4-2-7(3-5-8)9(14)10-11(12)13-6-16-10/h2-6H,12H2,1H3. The summed E-state index contributed by atoms with van der Waals surface area (Å²) >= 11 is 1.25. The minimum absolute atomic E-state index is 0.109. The normalized spacial score (nSPS) is 10.1. The zero-order valence-electron chi connectivity index (χ0n) is 8.64. The molecule has 0 saturated carbocycles. The van der Waals surface area contributed by atoms with Crippen LogP contribution in [0.2, 0.25) is 0 Å². The van der Waals surface area contributed by atoms with Gasteiger partial charge in [0, 0.05) is 5.56 Å². The molecule has 1 heterocycles. The van der Waals surface area contributed by atoms with E-state index in [1.165, 1.54) is 11.3 Å². The van der Waals surface area contributed by atoms with Crippen LogP contribution in [0.4, 0.5) is 5.82 Å². The second-order valence-corrected chi connectivity index (χ2v) is 3.98. The quantitative estimate of drug-likeness (QED) is 0.824. The first-order valence-corrected chi connectivity index (χ1v) is 5.48. The van der Waals surface area contributed by atoms with Crippen molar-refractivity contribution in [2.45, 2.75) is 0 Å². The maximum atomic E-state index is 12.0. The van der Waals surface area contributed by atoms with Crippen molar-refractivity contribution >= 4 is 22.9 Å². The fourth-order valence-corrected chi connectivity index (χ4v) is 1.97. The zero-order valence-corrected chi connectivity index (χ0v) is 9.45. The van der Waals surface area contributed by atoms with Crippen LogP contribution in [-0.4, -0.2) is 17.9 Å². The Morgan fingerprint density at radius 2 is 2.06 bits per heavy atom. The Morgan fingerprint density at radius 3 is 2.56 bits per heavy atom. The Labute approximate surface area is 96.7 Å². The van der Waals surface area contributed by atoms with Crippen molar-refractivity contribution in [1.29, 1.82) is 0 Å². The number of hydrogen-bond acceptors (Lipinski definition) is 5. The maximum absolute atomic E-state index is 12.0. The predicted molar refractivity (Wildman–Crippen MR) is 63.0 cm³/mol. The molecule has 0 amide bonds. The van der Waals surface area contributed by atoms with Gasteiger partial charge in [0.25, 0.3) is 0 Å². The van der Waals surface area contributed by atoms with E-state index in [4.69, 9.17) is 10.5 Å². The van der Waals surface area contributed by atoms with Gasteiger partial charge in [-0.25, -0.2) is 4.98 Å². The maximum Gasteiger partial charge on any atom is 0.206 e. The van der Waals surface area contributed by atoms with Crippen molar-refractivity contribution < 1.29 is 9.53 Å². The minimum Gasteiger partial charge on any atom is -0.497 e. The van der Waals surface area contributed by atoms with E-state index in [0.29, 0.717) is 16.2 Å². The highest BCUT2D eigenvalue weighted by Gasteiger charge is 2.14. The fraction of sp³-hybridized carbons (Fsp3) is 0.0909. The van der Waals surface area contributed by atoms with Crippen LogP contribution in [0, 0.1) is 0 Å². The van der Waals surface area contributed by atoms with Crippen molar-refractivity contribution in [2.75, 3.05) is 12.8 Å². The molecule has 1 aromatic heterocycles. The summed E-state index contributed by atoms with van der Waals surface area (Å²) in [5.74, 6) is 0.891. The second-order valence-electron chi connectivity index (χ2n) is 3.12. The van der Waals surface area contributed by atoms with E-state index in [1.54, 1.807) is 36.9 Å². The molecule has 0 aliphatic carbocycles. The first-order valence-electron chi connectivity index (χ1n) is 4.60. The molecule has 16 heavy (non-hydrogen) atoms. The van der Waals surface area contributed by atoms with Gasteiger partial charge in [0.1, 0.15) is 16.4 Å². The molecule has 2 aromatic rings. The number of aromatic nitrogens is 1. The van der Waals surface area contributed by atoms with Crippen LogP contribution in [0.5, 0.6) is 5.75 Å². The molecule has 0 bridgehead atoms. The van der Waals surface area contributed by atoms with Crippen molar-refractivity contribution in [2.24, 2.45) is 0 Å². The summed E-state index contributed by atoms with van der Waals surface area (Å²) in [4.78, 5) is 16.3. The van der Waals surface area contributed by atoms with E-state index in [1.807, 2.05) is 0 Å². The van der Waals surface area contributed by atoms with E-state index >= 15 is 0 Å². The van der Waals surface area contributed by atoms with Crippen LogP contribution >= 0.6 is 11.3 Å². The molecule has 2 N–H and O–H groups in total. The number of anilines is 1. The number of thiazole rings is 1. The molecule has 2 rings (SSSR count). The molecule has 0 saturated heterocycles. The van der Waals surface area contributed by atoms with Gasteiger partial charge in [-0.1, -0.05) is 0 Å². The summed E-state index contributed by atoms with van der Waals surface area (Å²) in [6.45, 7) is 0. The van der Waals surface area contributed by atoms with Crippen LogP contribution in [0.1, 0.15) is 15.2 Å². The highest BCUT2D eigenvalue weighted by molar-refractivity contribution is 7.12. The molecular weight excluding hydrogens is 224 g/mol. The number of nitrogen functional groups attached to an aromatic ring is 1. The highest BCUT2D eigenvalue weighted by Crippen LogP contribution is 2.21. The van der Waals surface area contributed by atoms with E-state index in [0.717, 1.165) is 0 Å². The van der Waals surface area contributed by atoms with Crippen molar-refractivity contribution in [3.05, 3.63) is 40.2 Å². The number of carbonyl (C=O) groups excluding carboxylic acids is 1. The van der Waals surface area contributed by atoms with Gasteiger partial charge in [-0.3, -0.25) is 4.79 Å². The Kier molecular flexibility index (Phi) is 2.87. The molecule has 0 fully saturated rings. The van der Waals surface area contributed by atoms with Crippen LogP contribution < -0.4 is 10.5 Å². The van der Waals surface area contributed by atoms with Gasteiger partial charge < -0.3 is 10.5 Å². The van der Waals surface area contributed by atoms with Gasteiger partial charge in [0.15, 0.2) is 0 Å². The molecule has 4 nitrogen and oxygen atoms in total. The Morgan fingerprint density at radius 1 is 1.38 bits per heavy atom. The first kappa shape index (κ1) is 10.6. The van der Waals surface area contributed by atoms with Crippen molar-refractivity contribution in [3.63, 3.8) is 0 Å². The molecular formula is C11H10N2O2S. The van der Waals surface area contributed by atoms with E-state index in [-0.39, 0.29) is 11.6 Å². The summed E-state index contributed by atoms with van der Waals surface area (Å²) in [5.41, 5.74) is 7.73. The average molecular weight is 234 g/mol. The number of hydrogen-bond donors (Lipinski definition) is 1. The topological polar surface area (TPSA) is 65.2 Å². The third-order valence-electron chi connectivity index (χ3n) is 2.15. The van der Waals surface area contributed by atoms with Gasteiger partial charge >= 0.3 is 0 Å². The SMILES string of the molecule is COc1ccc(C(=O)c2scnc2N)cc1. The highest BCUT2D eigenvalue weighted by atomic mass is 32.1. The van der Waals surface area contributed by atoms with Gasteiger partial charge in [-0.05, 0) is 24.3 Å². The summed E-state index contributed by atoms with van der Waals surface area (Å²) in [6.07, 6.45) is 0. The minimum atomic E-state index is -0.109. The molecule has 0 atom stereocenters. The smallest absolute Gasteiger partial charge is 0.206 e. The van der Waals surface area contributed by atoms with Crippen LogP contribution in [0.15, 0.2) is 29.8 Å². The van der Waals surface area contributed by atoms with Crippen molar-refractivity contribution in [3.8, 4) is 5.75 Å². The zero-order chi connectivity index (χ0) is 11.5. The molecule has 0 radical (unpaired) electrons. The summed E-state index contributed by atoms with van der Waals surface area (Å²) in [7, 11) is 1.58. The van der Waals surface area contributed by atoms with Gasteiger partial charge in [-0.2, -0.15) is 0 Å². The molecule has 82 valence electrons. The number of rotatable bonds is 3. The molecule has 5 heteroatoms. The third kappa shape index (κ3) is 1.90. The number of nitrogens with two attached hydrogens (primary N) is 1.